The molecule has 0 atom stereocenters. The van der Waals surface area contributed by atoms with Crippen molar-refractivity contribution >= 4 is 46.7 Å². The number of nitrogens with zero attached hydrogens (tertiary/aromatic N) is 2. The van der Waals surface area contributed by atoms with Gasteiger partial charge in [-0.15, -0.1) is 0 Å². The molecule has 8 nitrogen and oxygen atoms in total. The molecule has 9 heteroatoms. The van der Waals surface area contributed by atoms with Crippen LogP contribution in [0.5, 0.6) is 0 Å². The number of amides is 5. The molecule has 0 radical (unpaired) electrons. The molecule has 1 aromatic rings. The molecule has 1 aliphatic heterocycles. The molecule has 0 spiro atoms. The van der Waals surface area contributed by atoms with Crippen molar-refractivity contribution in [3.63, 3.8) is 0 Å². The number of nitrogens with one attached hydrogen (secondary N) is 1. The maximum Gasteiger partial charge on any atom is 0.334 e. The van der Waals surface area contributed by atoms with E-state index in [9.17, 15) is 19.2 Å². The third-order valence-corrected chi connectivity index (χ3v) is 3.08. The molecule has 110 valence electrons. The molecule has 0 unspecified atom stereocenters. The van der Waals surface area contributed by atoms with Crippen LogP contribution in [0.4, 0.5) is 16.2 Å². The van der Waals surface area contributed by atoms with Gasteiger partial charge >= 0.3 is 17.8 Å². The second kappa shape index (κ2) is 5.41. The molecule has 1 aromatic carbocycles. The van der Waals surface area contributed by atoms with Crippen molar-refractivity contribution in [2.24, 2.45) is 0 Å². The summed E-state index contributed by atoms with van der Waals surface area (Å²) in [6.07, 6.45) is 0. The lowest BCUT2D eigenvalue weighted by Gasteiger charge is -2.13. The number of rotatable bonds is 3. The summed E-state index contributed by atoms with van der Waals surface area (Å²) >= 11 is 5.78. The standard InChI is InChI=1S/C12H11ClN4O4/c1-16-10(19)11(20)17(12(16)21)5-9(18)15-8-4-6(13)2-3-7(8)14/h2-4H,5,14H2,1H3,(H,15,18). The van der Waals surface area contributed by atoms with Gasteiger partial charge in [-0.25, -0.2) is 9.69 Å². The van der Waals surface area contributed by atoms with Crippen molar-refractivity contribution in [1.82, 2.24) is 9.80 Å². The summed E-state index contributed by atoms with van der Waals surface area (Å²) in [5.74, 6) is -2.69. The van der Waals surface area contributed by atoms with Gasteiger partial charge in [0, 0.05) is 12.1 Å². The van der Waals surface area contributed by atoms with Crippen LogP contribution in [-0.4, -0.2) is 47.1 Å². The van der Waals surface area contributed by atoms with Crippen LogP contribution in [0.1, 0.15) is 0 Å². The number of imide groups is 2. The second-order valence-corrected chi connectivity index (χ2v) is 4.75. The maximum atomic E-state index is 11.9. The molecule has 2 rings (SSSR count). The molecular formula is C12H11ClN4O4. The van der Waals surface area contributed by atoms with Gasteiger partial charge in [0.05, 0.1) is 11.4 Å². The predicted molar refractivity (Wildman–Crippen MR) is 74.4 cm³/mol. The lowest BCUT2D eigenvalue weighted by atomic mass is 10.2. The van der Waals surface area contributed by atoms with Crippen LogP contribution in [0.3, 0.4) is 0 Å². The van der Waals surface area contributed by atoms with Gasteiger partial charge < -0.3 is 11.1 Å². The first kappa shape index (κ1) is 14.8. The van der Waals surface area contributed by atoms with Crippen LogP contribution in [0.15, 0.2) is 18.2 Å². The van der Waals surface area contributed by atoms with E-state index in [2.05, 4.69) is 5.32 Å². The molecule has 0 aliphatic carbocycles. The highest BCUT2D eigenvalue weighted by Gasteiger charge is 2.42. The van der Waals surface area contributed by atoms with Gasteiger partial charge in [-0.3, -0.25) is 19.3 Å². The topological polar surface area (TPSA) is 113 Å². The minimum Gasteiger partial charge on any atom is -0.397 e. The SMILES string of the molecule is CN1C(=O)C(=O)N(CC(=O)Nc2cc(Cl)ccc2N)C1=O. The smallest absolute Gasteiger partial charge is 0.334 e. The minimum atomic E-state index is -1.04. The number of carbonyl (C=O) groups is 4. The summed E-state index contributed by atoms with van der Waals surface area (Å²) in [7, 11) is 1.16. The first-order valence-electron chi connectivity index (χ1n) is 5.79. The lowest BCUT2D eigenvalue weighted by Crippen LogP contribution is -2.38. The Morgan fingerprint density at radius 3 is 2.52 bits per heavy atom. The van der Waals surface area contributed by atoms with Crippen molar-refractivity contribution in [2.75, 3.05) is 24.6 Å². The highest BCUT2D eigenvalue weighted by atomic mass is 35.5. The molecule has 5 amide bonds. The number of hydrogen-bond donors (Lipinski definition) is 2. The number of hydrogen-bond acceptors (Lipinski definition) is 5. The fourth-order valence-corrected chi connectivity index (χ4v) is 1.90. The van der Waals surface area contributed by atoms with Crippen LogP contribution in [-0.2, 0) is 14.4 Å². The average molecular weight is 311 g/mol. The van der Waals surface area contributed by atoms with Crippen molar-refractivity contribution in [3.05, 3.63) is 23.2 Å². The van der Waals surface area contributed by atoms with Gasteiger partial charge in [-0.2, -0.15) is 0 Å². The Balaban J connectivity index is 2.09. The summed E-state index contributed by atoms with van der Waals surface area (Å²) < 4.78 is 0. The number of halogens is 1. The average Bonchev–Trinajstić information content (AvgIpc) is 2.61. The second-order valence-electron chi connectivity index (χ2n) is 4.32. The van der Waals surface area contributed by atoms with E-state index >= 15 is 0 Å². The van der Waals surface area contributed by atoms with E-state index in [0.29, 0.717) is 14.8 Å². The Bertz CT molecular complexity index is 661. The predicted octanol–water partition coefficient (Wildman–Crippen LogP) is 0.281. The fourth-order valence-electron chi connectivity index (χ4n) is 1.72. The van der Waals surface area contributed by atoms with E-state index in [0.717, 1.165) is 7.05 Å². The van der Waals surface area contributed by atoms with Gasteiger partial charge in [0.25, 0.3) is 0 Å². The number of carbonyl (C=O) groups excluding carboxylic acids is 4. The molecule has 0 aromatic heterocycles. The van der Waals surface area contributed by atoms with Crippen LogP contribution in [0.25, 0.3) is 0 Å². The van der Waals surface area contributed by atoms with Gasteiger partial charge in [-0.1, -0.05) is 11.6 Å². The third-order valence-electron chi connectivity index (χ3n) is 2.84. The zero-order valence-electron chi connectivity index (χ0n) is 10.9. The highest BCUT2D eigenvalue weighted by Crippen LogP contribution is 2.23. The molecule has 1 saturated heterocycles. The normalized spacial score (nSPS) is 14.9. The summed E-state index contributed by atoms with van der Waals surface area (Å²) in [6, 6.07) is 3.63. The molecule has 1 heterocycles. The van der Waals surface area contributed by atoms with Crippen LogP contribution in [0, 0.1) is 0 Å². The first-order valence-corrected chi connectivity index (χ1v) is 6.17. The fraction of sp³-hybridized carbons (Fsp3) is 0.167. The summed E-state index contributed by atoms with van der Waals surface area (Å²) in [5.41, 5.74) is 6.20. The quantitative estimate of drug-likeness (QED) is 0.473. The maximum absolute atomic E-state index is 11.9. The van der Waals surface area contributed by atoms with Crippen LogP contribution >= 0.6 is 11.6 Å². The summed E-state index contributed by atoms with van der Waals surface area (Å²) in [5, 5.41) is 2.79. The van der Waals surface area contributed by atoms with E-state index in [1.807, 2.05) is 0 Å². The van der Waals surface area contributed by atoms with E-state index < -0.39 is 30.3 Å². The Kier molecular flexibility index (Phi) is 3.81. The van der Waals surface area contributed by atoms with Crippen molar-refractivity contribution in [2.45, 2.75) is 0 Å². The highest BCUT2D eigenvalue weighted by molar-refractivity contribution is 6.45. The van der Waals surface area contributed by atoms with Crippen molar-refractivity contribution < 1.29 is 19.2 Å². The largest absolute Gasteiger partial charge is 0.397 e. The number of nitrogens with two attached hydrogens (primary N) is 1. The van der Waals surface area contributed by atoms with Gasteiger partial charge in [0.15, 0.2) is 0 Å². The van der Waals surface area contributed by atoms with Gasteiger partial charge in [-0.05, 0) is 18.2 Å². The summed E-state index contributed by atoms with van der Waals surface area (Å²) in [4.78, 5) is 47.5. The molecule has 1 fully saturated rings. The van der Waals surface area contributed by atoms with E-state index in [1.165, 1.54) is 12.1 Å². The number of urea groups is 1. The molecule has 1 aliphatic rings. The van der Waals surface area contributed by atoms with Crippen LogP contribution < -0.4 is 11.1 Å². The van der Waals surface area contributed by atoms with Gasteiger partial charge in [0.2, 0.25) is 5.91 Å². The van der Waals surface area contributed by atoms with Crippen molar-refractivity contribution in [1.29, 1.82) is 0 Å². The molecule has 21 heavy (non-hydrogen) atoms. The molecule has 3 N–H and O–H groups in total. The number of anilines is 2. The zero-order valence-corrected chi connectivity index (χ0v) is 11.7. The van der Waals surface area contributed by atoms with Crippen LogP contribution in [0.2, 0.25) is 5.02 Å². The Morgan fingerprint density at radius 1 is 1.29 bits per heavy atom. The third kappa shape index (κ3) is 2.79. The minimum absolute atomic E-state index is 0.256. The summed E-state index contributed by atoms with van der Waals surface area (Å²) in [6.45, 7) is -0.584. The number of nitrogen functional groups attached to an aromatic ring is 1. The van der Waals surface area contributed by atoms with E-state index in [1.54, 1.807) is 6.07 Å². The Labute approximate surface area is 124 Å². The number of likely N-dealkylation sites (N-methyl/N-ethyl adjacent to an activating group) is 1. The Morgan fingerprint density at radius 2 is 1.95 bits per heavy atom. The monoisotopic (exact) mass is 310 g/mol. The van der Waals surface area contributed by atoms with Crippen molar-refractivity contribution in [3.8, 4) is 0 Å². The molecule has 0 bridgehead atoms. The number of benzene rings is 1. The van der Waals surface area contributed by atoms with Gasteiger partial charge in [0.1, 0.15) is 6.54 Å². The van der Waals surface area contributed by atoms with E-state index in [-0.39, 0.29) is 11.4 Å². The first-order chi connectivity index (χ1) is 9.81. The lowest BCUT2D eigenvalue weighted by molar-refractivity contribution is -0.143. The molecule has 0 saturated carbocycles. The molecular weight excluding hydrogens is 300 g/mol. The Hall–Kier alpha value is -2.61. The zero-order chi connectivity index (χ0) is 15.7. The van der Waals surface area contributed by atoms with E-state index in [4.69, 9.17) is 17.3 Å².